The Labute approximate surface area is 156 Å². The number of nitro groups is 1. The fourth-order valence-electron chi connectivity index (χ4n) is 3.12. The summed E-state index contributed by atoms with van der Waals surface area (Å²) in [6.45, 7) is 0. The first-order valence-corrected chi connectivity index (χ1v) is 8.90. The third kappa shape index (κ3) is 4.69. The van der Waals surface area contributed by atoms with Crippen LogP contribution in [0.1, 0.15) is 52.8 Å². The van der Waals surface area contributed by atoms with Crippen LogP contribution in [-0.4, -0.2) is 22.9 Å². The van der Waals surface area contributed by atoms with Crippen LogP contribution in [0.4, 0.5) is 11.4 Å². The molecule has 2 aromatic carbocycles. The summed E-state index contributed by atoms with van der Waals surface area (Å²) in [5, 5.41) is 13.6. The highest BCUT2D eigenvalue weighted by molar-refractivity contribution is 6.07. The molecule has 1 fully saturated rings. The molecule has 1 N–H and O–H groups in total. The molecule has 0 radical (unpaired) electrons. The van der Waals surface area contributed by atoms with Crippen LogP contribution in [0.25, 0.3) is 0 Å². The van der Waals surface area contributed by atoms with Gasteiger partial charge in [0.05, 0.1) is 10.5 Å². The molecule has 0 spiro atoms. The van der Waals surface area contributed by atoms with E-state index in [1.807, 2.05) is 0 Å². The summed E-state index contributed by atoms with van der Waals surface area (Å²) in [4.78, 5) is 35.0. The molecule has 0 heterocycles. The number of benzene rings is 2. The predicted molar refractivity (Wildman–Crippen MR) is 99.8 cm³/mol. The van der Waals surface area contributed by atoms with Crippen LogP contribution in [0.2, 0.25) is 0 Å². The van der Waals surface area contributed by atoms with Gasteiger partial charge in [0.1, 0.15) is 11.7 Å². The Balaban J connectivity index is 1.64. The maximum Gasteiger partial charge on any atom is 0.338 e. The molecule has 140 valence electrons. The van der Waals surface area contributed by atoms with E-state index >= 15 is 0 Å². The lowest BCUT2D eigenvalue weighted by Crippen LogP contribution is -2.21. The third-order valence-electron chi connectivity index (χ3n) is 4.55. The molecular weight excluding hydrogens is 348 g/mol. The average Bonchev–Trinajstić information content (AvgIpc) is 2.69. The van der Waals surface area contributed by atoms with Gasteiger partial charge in [-0.25, -0.2) is 4.79 Å². The molecule has 0 bridgehead atoms. The first-order chi connectivity index (χ1) is 13.0. The van der Waals surface area contributed by atoms with E-state index in [0.29, 0.717) is 11.3 Å². The molecule has 2 aromatic rings. The number of nitrogens with zero attached hydrogens (tertiary/aromatic N) is 1. The predicted octanol–water partition coefficient (Wildman–Crippen LogP) is 4.34. The Morgan fingerprint density at radius 1 is 1.00 bits per heavy atom. The van der Waals surface area contributed by atoms with E-state index in [4.69, 9.17) is 4.74 Å². The summed E-state index contributed by atoms with van der Waals surface area (Å²) in [5.41, 5.74) is 0.558. The number of carbonyl (C=O) groups excluding carboxylic acids is 2. The van der Waals surface area contributed by atoms with Gasteiger partial charge < -0.3 is 10.1 Å². The standard InChI is InChI=1S/C20H20N2O5/c23-19(17-8-4-5-9-18(17)22(25)26)21-15-12-10-14(11-13-15)20(24)27-16-6-2-1-3-7-16/h4-5,8-13,16H,1-3,6-7H2,(H,21,23). The SMILES string of the molecule is O=C(OC1CCCCC1)c1ccc(NC(=O)c2ccccc2[N+](=O)[O-])cc1. The fraction of sp³-hybridized carbons (Fsp3) is 0.300. The number of carbonyl (C=O) groups is 2. The van der Waals surface area contributed by atoms with Crippen LogP contribution in [0, 0.1) is 10.1 Å². The summed E-state index contributed by atoms with van der Waals surface area (Å²) in [6, 6.07) is 12.0. The Morgan fingerprint density at radius 3 is 2.33 bits per heavy atom. The average molecular weight is 368 g/mol. The van der Waals surface area contributed by atoms with Crippen molar-refractivity contribution in [2.24, 2.45) is 0 Å². The lowest BCUT2D eigenvalue weighted by atomic mass is 9.98. The summed E-state index contributed by atoms with van der Waals surface area (Å²) in [7, 11) is 0. The molecule has 1 aliphatic carbocycles. The second-order valence-electron chi connectivity index (χ2n) is 6.47. The zero-order chi connectivity index (χ0) is 19.2. The Hall–Kier alpha value is -3.22. The normalized spacial score (nSPS) is 14.4. The highest BCUT2D eigenvalue weighted by atomic mass is 16.6. The molecule has 0 unspecified atom stereocenters. The zero-order valence-corrected chi connectivity index (χ0v) is 14.7. The lowest BCUT2D eigenvalue weighted by molar-refractivity contribution is -0.385. The van der Waals surface area contributed by atoms with Gasteiger partial charge in [-0.05, 0) is 56.0 Å². The quantitative estimate of drug-likeness (QED) is 0.481. The van der Waals surface area contributed by atoms with E-state index in [2.05, 4.69) is 5.32 Å². The van der Waals surface area contributed by atoms with E-state index in [9.17, 15) is 19.7 Å². The molecule has 1 saturated carbocycles. The van der Waals surface area contributed by atoms with E-state index in [1.54, 1.807) is 30.3 Å². The first-order valence-electron chi connectivity index (χ1n) is 8.90. The Bertz CT molecular complexity index is 842. The molecule has 0 aliphatic heterocycles. The molecule has 7 nitrogen and oxygen atoms in total. The van der Waals surface area contributed by atoms with Crippen molar-refractivity contribution >= 4 is 23.3 Å². The van der Waals surface area contributed by atoms with Crippen molar-refractivity contribution in [2.75, 3.05) is 5.32 Å². The van der Waals surface area contributed by atoms with Gasteiger partial charge in [0.25, 0.3) is 11.6 Å². The summed E-state index contributed by atoms with van der Waals surface area (Å²) in [6.07, 6.45) is 5.11. The van der Waals surface area contributed by atoms with Crippen molar-refractivity contribution in [1.82, 2.24) is 0 Å². The minimum absolute atomic E-state index is 0.0238. The minimum Gasteiger partial charge on any atom is -0.459 e. The topological polar surface area (TPSA) is 98.5 Å². The van der Waals surface area contributed by atoms with Crippen LogP contribution < -0.4 is 5.32 Å². The molecule has 0 aromatic heterocycles. The van der Waals surface area contributed by atoms with Crippen molar-refractivity contribution in [1.29, 1.82) is 0 Å². The number of hydrogen-bond donors (Lipinski definition) is 1. The smallest absolute Gasteiger partial charge is 0.338 e. The second kappa shape index (κ2) is 8.44. The minimum atomic E-state index is -0.598. The highest BCUT2D eigenvalue weighted by Gasteiger charge is 2.20. The van der Waals surface area contributed by atoms with Crippen molar-refractivity contribution in [3.05, 3.63) is 69.8 Å². The number of ether oxygens (including phenoxy) is 1. The molecule has 27 heavy (non-hydrogen) atoms. The van der Waals surface area contributed by atoms with Crippen molar-refractivity contribution in [3.8, 4) is 0 Å². The lowest BCUT2D eigenvalue weighted by Gasteiger charge is -2.21. The summed E-state index contributed by atoms with van der Waals surface area (Å²) < 4.78 is 5.51. The van der Waals surface area contributed by atoms with Crippen LogP contribution in [0.5, 0.6) is 0 Å². The number of hydrogen-bond acceptors (Lipinski definition) is 5. The Morgan fingerprint density at radius 2 is 1.67 bits per heavy atom. The molecule has 0 atom stereocenters. The van der Waals surface area contributed by atoms with Gasteiger partial charge in [-0.1, -0.05) is 18.6 Å². The maximum atomic E-state index is 12.3. The van der Waals surface area contributed by atoms with E-state index < -0.39 is 10.8 Å². The molecule has 3 rings (SSSR count). The molecule has 1 aliphatic rings. The van der Waals surface area contributed by atoms with Gasteiger partial charge in [-0.2, -0.15) is 0 Å². The fourth-order valence-corrected chi connectivity index (χ4v) is 3.12. The molecular formula is C20H20N2O5. The van der Waals surface area contributed by atoms with Gasteiger partial charge in [0.15, 0.2) is 0 Å². The van der Waals surface area contributed by atoms with Gasteiger partial charge in [-0.3, -0.25) is 14.9 Å². The number of para-hydroxylation sites is 1. The summed E-state index contributed by atoms with van der Waals surface area (Å²) >= 11 is 0. The number of esters is 1. The number of rotatable bonds is 5. The molecule has 7 heteroatoms. The summed E-state index contributed by atoms with van der Waals surface area (Å²) in [5.74, 6) is -0.960. The van der Waals surface area contributed by atoms with Crippen LogP contribution in [0.3, 0.4) is 0 Å². The van der Waals surface area contributed by atoms with E-state index in [0.717, 1.165) is 25.7 Å². The van der Waals surface area contributed by atoms with Crippen LogP contribution in [0.15, 0.2) is 48.5 Å². The number of nitro benzene ring substituents is 1. The number of amides is 1. The van der Waals surface area contributed by atoms with Crippen molar-refractivity contribution in [3.63, 3.8) is 0 Å². The van der Waals surface area contributed by atoms with E-state index in [1.165, 1.54) is 24.6 Å². The zero-order valence-electron chi connectivity index (χ0n) is 14.7. The number of nitrogens with one attached hydrogen (secondary N) is 1. The molecule has 0 saturated heterocycles. The van der Waals surface area contributed by atoms with Gasteiger partial charge in [-0.15, -0.1) is 0 Å². The third-order valence-corrected chi connectivity index (χ3v) is 4.55. The van der Waals surface area contributed by atoms with Gasteiger partial charge in [0.2, 0.25) is 0 Å². The van der Waals surface area contributed by atoms with Crippen LogP contribution in [-0.2, 0) is 4.74 Å². The van der Waals surface area contributed by atoms with Gasteiger partial charge >= 0.3 is 5.97 Å². The largest absolute Gasteiger partial charge is 0.459 e. The second-order valence-corrected chi connectivity index (χ2v) is 6.47. The van der Waals surface area contributed by atoms with E-state index in [-0.39, 0.29) is 23.3 Å². The molecule has 1 amide bonds. The highest BCUT2D eigenvalue weighted by Crippen LogP contribution is 2.22. The Kier molecular flexibility index (Phi) is 5.80. The number of anilines is 1. The first kappa shape index (κ1) is 18.6. The monoisotopic (exact) mass is 368 g/mol. The van der Waals surface area contributed by atoms with Gasteiger partial charge in [0, 0.05) is 11.8 Å². The maximum absolute atomic E-state index is 12.3. The van der Waals surface area contributed by atoms with Crippen molar-refractivity contribution < 1.29 is 19.2 Å². The van der Waals surface area contributed by atoms with Crippen molar-refractivity contribution in [2.45, 2.75) is 38.2 Å². The van der Waals surface area contributed by atoms with Crippen LogP contribution >= 0.6 is 0 Å².